The minimum absolute atomic E-state index is 0.699. The summed E-state index contributed by atoms with van der Waals surface area (Å²) in [4.78, 5) is 12.4. The van der Waals surface area contributed by atoms with E-state index in [1.807, 2.05) is 30.3 Å². The Balaban J connectivity index is 1.62. The van der Waals surface area contributed by atoms with Crippen molar-refractivity contribution in [3.8, 4) is 0 Å². The molecule has 3 aromatic rings. The number of hydrogen-bond donors (Lipinski definition) is 1. The van der Waals surface area contributed by atoms with Gasteiger partial charge in [0.05, 0.1) is 11.1 Å². The smallest absolute Gasteiger partial charge is 0.139 e. The number of piperidine rings is 1. The second-order valence-electron chi connectivity index (χ2n) is 6.47. The average molecular weight is 351 g/mol. The van der Waals surface area contributed by atoms with Gasteiger partial charge in [0.25, 0.3) is 0 Å². The third-order valence-electron chi connectivity index (χ3n) is 5.02. The highest BCUT2D eigenvalue weighted by atomic mass is 32.2. The first kappa shape index (κ1) is 16.4. The summed E-state index contributed by atoms with van der Waals surface area (Å²) in [6.07, 6.45) is 5.11. The highest BCUT2D eigenvalue weighted by Crippen LogP contribution is 2.36. The van der Waals surface area contributed by atoms with Crippen LogP contribution in [0, 0.1) is 0 Å². The summed E-state index contributed by atoms with van der Waals surface area (Å²) in [6, 6.07) is 16.3. The molecule has 4 rings (SSSR count). The first-order valence-corrected chi connectivity index (χ1v) is 9.74. The van der Waals surface area contributed by atoms with Gasteiger partial charge in [-0.15, -0.1) is 11.8 Å². The molecule has 1 N–H and O–H groups in total. The maximum atomic E-state index is 11.0. The van der Waals surface area contributed by atoms with Gasteiger partial charge in [-0.05, 0) is 42.9 Å². The van der Waals surface area contributed by atoms with E-state index in [1.54, 1.807) is 18.1 Å². The van der Waals surface area contributed by atoms with Crippen molar-refractivity contribution in [2.24, 2.45) is 0 Å². The fraction of sp³-hybridized carbons (Fsp3) is 0.300. The minimum atomic E-state index is -0.745. The second kappa shape index (κ2) is 6.65. The van der Waals surface area contributed by atoms with E-state index in [2.05, 4.69) is 39.3 Å². The number of nitrogens with zero attached hydrogens (tertiary/aromatic N) is 3. The molecule has 1 aromatic heterocycles. The standard InChI is InChI=1S/C20H21N3OS/c1-25-16-7-8-18-17(13-16)19(22-14-21-18)23-11-9-20(24,10-12-23)15-5-3-2-4-6-15/h2-8,13-14,24H,9-12H2,1H3. The van der Waals surface area contributed by atoms with Crippen molar-refractivity contribution in [3.63, 3.8) is 0 Å². The van der Waals surface area contributed by atoms with Crippen LogP contribution in [-0.4, -0.2) is 34.4 Å². The number of aromatic nitrogens is 2. The molecule has 0 bridgehead atoms. The summed E-state index contributed by atoms with van der Waals surface area (Å²) >= 11 is 1.72. The van der Waals surface area contributed by atoms with Crippen LogP contribution in [0.25, 0.3) is 10.9 Å². The number of thioether (sulfide) groups is 1. The van der Waals surface area contributed by atoms with E-state index in [-0.39, 0.29) is 0 Å². The van der Waals surface area contributed by atoms with Crippen molar-refractivity contribution in [1.29, 1.82) is 0 Å². The first-order chi connectivity index (χ1) is 12.2. The lowest BCUT2D eigenvalue weighted by Crippen LogP contribution is -2.43. The summed E-state index contributed by atoms with van der Waals surface area (Å²) in [5.41, 5.74) is 1.23. The average Bonchev–Trinajstić information content (AvgIpc) is 2.68. The molecule has 5 heteroatoms. The Morgan fingerprint density at radius 1 is 1.04 bits per heavy atom. The molecule has 128 valence electrons. The van der Waals surface area contributed by atoms with Crippen LogP contribution in [0.3, 0.4) is 0 Å². The molecule has 0 spiro atoms. The fourth-order valence-electron chi connectivity index (χ4n) is 3.53. The summed E-state index contributed by atoms with van der Waals surface area (Å²) < 4.78 is 0. The normalized spacial score (nSPS) is 17.0. The van der Waals surface area contributed by atoms with E-state index in [4.69, 9.17) is 0 Å². The summed E-state index contributed by atoms with van der Waals surface area (Å²) in [7, 11) is 0. The van der Waals surface area contributed by atoms with Crippen molar-refractivity contribution >= 4 is 28.5 Å². The van der Waals surface area contributed by atoms with Gasteiger partial charge in [0.1, 0.15) is 12.1 Å². The Hall–Kier alpha value is -2.11. The van der Waals surface area contributed by atoms with E-state index in [0.717, 1.165) is 35.4 Å². The van der Waals surface area contributed by atoms with E-state index >= 15 is 0 Å². The molecular formula is C20H21N3OS. The van der Waals surface area contributed by atoms with Gasteiger partial charge in [-0.1, -0.05) is 30.3 Å². The van der Waals surface area contributed by atoms with Crippen molar-refractivity contribution in [2.75, 3.05) is 24.2 Å². The first-order valence-electron chi connectivity index (χ1n) is 8.51. The van der Waals surface area contributed by atoms with Crippen LogP contribution in [0.15, 0.2) is 59.8 Å². The molecule has 1 aliphatic heterocycles. The molecule has 1 saturated heterocycles. The Kier molecular flexibility index (Phi) is 4.36. The van der Waals surface area contributed by atoms with E-state index in [1.165, 1.54) is 4.90 Å². The molecule has 4 nitrogen and oxygen atoms in total. The van der Waals surface area contributed by atoms with Crippen LogP contribution >= 0.6 is 11.8 Å². The summed E-state index contributed by atoms with van der Waals surface area (Å²) in [6.45, 7) is 1.56. The number of anilines is 1. The predicted octanol–water partition coefficient (Wildman–Crippen LogP) is 3.84. The molecule has 0 unspecified atom stereocenters. The molecule has 2 aromatic carbocycles. The van der Waals surface area contributed by atoms with Crippen LogP contribution in [0.2, 0.25) is 0 Å². The van der Waals surface area contributed by atoms with Gasteiger partial charge in [-0.2, -0.15) is 0 Å². The zero-order valence-corrected chi connectivity index (χ0v) is 15.0. The SMILES string of the molecule is CSc1ccc2ncnc(N3CCC(O)(c4ccccc4)CC3)c2c1. The number of hydrogen-bond acceptors (Lipinski definition) is 5. The van der Waals surface area contributed by atoms with Gasteiger partial charge in [0.2, 0.25) is 0 Å². The van der Waals surface area contributed by atoms with Gasteiger partial charge in [0.15, 0.2) is 0 Å². The van der Waals surface area contributed by atoms with E-state index in [9.17, 15) is 5.11 Å². The van der Waals surface area contributed by atoms with Gasteiger partial charge in [0, 0.05) is 23.4 Å². The molecule has 2 heterocycles. The molecule has 0 saturated carbocycles. The van der Waals surface area contributed by atoms with Crippen molar-refractivity contribution in [2.45, 2.75) is 23.3 Å². The Labute approximate surface area is 151 Å². The molecule has 0 radical (unpaired) electrons. The van der Waals surface area contributed by atoms with Crippen molar-refractivity contribution in [1.82, 2.24) is 9.97 Å². The van der Waals surface area contributed by atoms with Crippen LogP contribution in [-0.2, 0) is 5.60 Å². The van der Waals surface area contributed by atoms with E-state index in [0.29, 0.717) is 12.8 Å². The topological polar surface area (TPSA) is 49.2 Å². The molecule has 1 aliphatic rings. The highest BCUT2D eigenvalue weighted by Gasteiger charge is 2.34. The van der Waals surface area contributed by atoms with Gasteiger partial charge in [-0.25, -0.2) is 9.97 Å². The zero-order chi connectivity index (χ0) is 17.3. The lowest BCUT2D eigenvalue weighted by Gasteiger charge is -2.39. The van der Waals surface area contributed by atoms with E-state index < -0.39 is 5.60 Å². The van der Waals surface area contributed by atoms with Gasteiger partial charge < -0.3 is 10.0 Å². The quantitative estimate of drug-likeness (QED) is 0.727. The lowest BCUT2D eigenvalue weighted by atomic mass is 9.84. The number of aliphatic hydroxyl groups is 1. The second-order valence-corrected chi connectivity index (χ2v) is 7.34. The molecule has 25 heavy (non-hydrogen) atoms. The Morgan fingerprint density at radius 3 is 2.52 bits per heavy atom. The van der Waals surface area contributed by atoms with Gasteiger partial charge in [-0.3, -0.25) is 0 Å². The maximum Gasteiger partial charge on any atom is 0.139 e. The molecular weight excluding hydrogens is 330 g/mol. The minimum Gasteiger partial charge on any atom is -0.385 e. The molecule has 0 aliphatic carbocycles. The van der Waals surface area contributed by atoms with Crippen LogP contribution < -0.4 is 4.90 Å². The number of benzene rings is 2. The number of fused-ring (bicyclic) bond motifs is 1. The molecule has 0 atom stereocenters. The lowest BCUT2D eigenvalue weighted by molar-refractivity contribution is 0.0117. The molecule has 0 amide bonds. The van der Waals surface area contributed by atoms with Crippen molar-refractivity contribution < 1.29 is 5.11 Å². The zero-order valence-electron chi connectivity index (χ0n) is 14.2. The van der Waals surface area contributed by atoms with Crippen LogP contribution in [0.5, 0.6) is 0 Å². The van der Waals surface area contributed by atoms with Crippen LogP contribution in [0.4, 0.5) is 5.82 Å². The Morgan fingerprint density at radius 2 is 1.80 bits per heavy atom. The summed E-state index contributed by atoms with van der Waals surface area (Å²) in [5.74, 6) is 0.969. The van der Waals surface area contributed by atoms with Gasteiger partial charge >= 0.3 is 0 Å². The Bertz CT molecular complexity index is 877. The molecule has 1 fully saturated rings. The largest absolute Gasteiger partial charge is 0.385 e. The third kappa shape index (κ3) is 3.10. The number of rotatable bonds is 3. The predicted molar refractivity (Wildman–Crippen MR) is 103 cm³/mol. The maximum absolute atomic E-state index is 11.0. The summed E-state index contributed by atoms with van der Waals surface area (Å²) in [5, 5.41) is 12.1. The third-order valence-corrected chi connectivity index (χ3v) is 5.75. The highest BCUT2D eigenvalue weighted by molar-refractivity contribution is 7.98. The van der Waals surface area contributed by atoms with Crippen LogP contribution in [0.1, 0.15) is 18.4 Å². The van der Waals surface area contributed by atoms with Crippen molar-refractivity contribution in [3.05, 3.63) is 60.4 Å². The fourth-order valence-corrected chi connectivity index (χ4v) is 3.97. The monoisotopic (exact) mass is 351 g/mol.